The Morgan fingerprint density at radius 1 is 1.31 bits per heavy atom. The SMILES string of the molecule is Cc1c(C(=O)c2ccc(F)cc2)cnn1C. The van der Waals surface area contributed by atoms with E-state index in [1.165, 1.54) is 30.5 Å². The van der Waals surface area contributed by atoms with Crippen LogP contribution in [0.1, 0.15) is 21.6 Å². The van der Waals surface area contributed by atoms with Crippen molar-refractivity contribution in [3.63, 3.8) is 0 Å². The minimum atomic E-state index is -0.348. The molecule has 3 nitrogen and oxygen atoms in total. The molecule has 2 rings (SSSR count). The Balaban J connectivity index is 2.39. The van der Waals surface area contributed by atoms with Crippen molar-refractivity contribution in [2.24, 2.45) is 7.05 Å². The van der Waals surface area contributed by atoms with E-state index in [0.29, 0.717) is 11.1 Å². The van der Waals surface area contributed by atoms with Crippen LogP contribution < -0.4 is 0 Å². The van der Waals surface area contributed by atoms with Gasteiger partial charge in [0, 0.05) is 18.3 Å². The first-order valence-electron chi connectivity index (χ1n) is 4.88. The van der Waals surface area contributed by atoms with Gasteiger partial charge in [0.25, 0.3) is 0 Å². The quantitative estimate of drug-likeness (QED) is 0.723. The smallest absolute Gasteiger partial charge is 0.196 e. The van der Waals surface area contributed by atoms with Gasteiger partial charge in [0.2, 0.25) is 0 Å². The summed E-state index contributed by atoms with van der Waals surface area (Å²) in [6.07, 6.45) is 1.53. The summed E-state index contributed by atoms with van der Waals surface area (Å²) in [5.74, 6) is -0.481. The third-order valence-corrected chi connectivity index (χ3v) is 2.59. The van der Waals surface area contributed by atoms with Gasteiger partial charge in [-0.25, -0.2) is 4.39 Å². The fourth-order valence-corrected chi connectivity index (χ4v) is 1.48. The van der Waals surface area contributed by atoms with Crippen LogP contribution in [0.15, 0.2) is 30.5 Å². The van der Waals surface area contributed by atoms with Crippen molar-refractivity contribution in [3.05, 3.63) is 53.1 Å². The third-order valence-electron chi connectivity index (χ3n) is 2.59. The first-order valence-corrected chi connectivity index (χ1v) is 4.88. The Hall–Kier alpha value is -1.97. The minimum absolute atomic E-state index is 0.134. The number of aryl methyl sites for hydroxylation is 1. The summed E-state index contributed by atoms with van der Waals surface area (Å²) in [5, 5.41) is 4.00. The molecule has 0 aliphatic heterocycles. The maximum Gasteiger partial charge on any atom is 0.196 e. The summed E-state index contributed by atoms with van der Waals surface area (Å²) >= 11 is 0. The molecule has 1 heterocycles. The number of aromatic nitrogens is 2. The van der Waals surface area contributed by atoms with E-state index in [4.69, 9.17) is 0 Å². The second-order valence-corrected chi connectivity index (χ2v) is 3.60. The first kappa shape index (κ1) is 10.5. The van der Waals surface area contributed by atoms with Crippen LogP contribution in [0, 0.1) is 12.7 Å². The summed E-state index contributed by atoms with van der Waals surface area (Å²) in [5.41, 5.74) is 1.82. The molecule has 0 unspecified atom stereocenters. The van der Waals surface area contributed by atoms with Crippen molar-refractivity contribution in [1.29, 1.82) is 0 Å². The van der Waals surface area contributed by atoms with Crippen molar-refractivity contribution in [1.82, 2.24) is 9.78 Å². The lowest BCUT2D eigenvalue weighted by Gasteiger charge is -2.00. The molecule has 2 aromatic rings. The molecule has 82 valence electrons. The number of halogens is 1. The van der Waals surface area contributed by atoms with E-state index in [0.717, 1.165) is 5.69 Å². The zero-order valence-corrected chi connectivity index (χ0v) is 9.07. The maximum atomic E-state index is 12.7. The van der Waals surface area contributed by atoms with E-state index in [9.17, 15) is 9.18 Å². The van der Waals surface area contributed by atoms with Crippen LogP contribution in [0.25, 0.3) is 0 Å². The molecular weight excluding hydrogens is 207 g/mol. The largest absolute Gasteiger partial charge is 0.288 e. The fourth-order valence-electron chi connectivity index (χ4n) is 1.48. The molecule has 0 atom stereocenters. The van der Waals surface area contributed by atoms with Crippen LogP contribution in [0.5, 0.6) is 0 Å². The van der Waals surface area contributed by atoms with Crippen LogP contribution in [0.4, 0.5) is 4.39 Å². The average Bonchev–Trinajstić information content (AvgIpc) is 2.60. The summed E-state index contributed by atoms with van der Waals surface area (Å²) in [6.45, 7) is 1.82. The van der Waals surface area contributed by atoms with E-state index in [-0.39, 0.29) is 11.6 Å². The summed E-state index contributed by atoms with van der Waals surface area (Å²) < 4.78 is 14.3. The van der Waals surface area contributed by atoms with Gasteiger partial charge in [-0.15, -0.1) is 0 Å². The Morgan fingerprint density at radius 3 is 2.44 bits per heavy atom. The highest BCUT2D eigenvalue weighted by molar-refractivity contribution is 6.09. The van der Waals surface area contributed by atoms with E-state index in [1.54, 1.807) is 11.7 Å². The monoisotopic (exact) mass is 218 g/mol. The lowest BCUT2D eigenvalue weighted by molar-refractivity contribution is 0.103. The average molecular weight is 218 g/mol. The number of benzene rings is 1. The summed E-state index contributed by atoms with van der Waals surface area (Å²) in [7, 11) is 1.77. The zero-order valence-electron chi connectivity index (χ0n) is 9.07. The van der Waals surface area contributed by atoms with Gasteiger partial charge in [-0.1, -0.05) is 0 Å². The van der Waals surface area contributed by atoms with E-state index in [2.05, 4.69) is 5.10 Å². The van der Waals surface area contributed by atoms with Crippen LogP contribution in [-0.4, -0.2) is 15.6 Å². The molecule has 0 saturated heterocycles. The van der Waals surface area contributed by atoms with Crippen molar-refractivity contribution in [2.45, 2.75) is 6.92 Å². The summed E-state index contributed by atoms with van der Waals surface area (Å²) in [4.78, 5) is 12.0. The minimum Gasteiger partial charge on any atom is -0.288 e. The lowest BCUT2D eigenvalue weighted by atomic mass is 10.0. The fraction of sp³-hybridized carbons (Fsp3) is 0.167. The molecule has 1 aromatic heterocycles. The highest BCUT2D eigenvalue weighted by Gasteiger charge is 2.14. The van der Waals surface area contributed by atoms with Gasteiger partial charge in [0.05, 0.1) is 11.8 Å². The topological polar surface area (TPSA) is 34.9 Å². The normalized spacial score (nSPS) is 10.4. The number of nitrogens with zero attached hydrogens (tertiary/aromatic N) is 2. The van der Waals surface area contributed by atoms with Gasteiger partial charge in [0.1, 0.15) is 5.82 Å². The highest BCUT2D eigenvalue weighted by Crippen LogP contribution is 2.13. The van der Waals surface area contributed by atoms with E-state index >= 15 is 0 Å². The standard InChI is InChI=1S/C12H11FN2O/c1-8-11(7-14-15(8)2)12(16)9-3-5-10(13)6-4-9/h3-7H,1-2H3. The van der Waals surface area contributed by atoms with Gasteiger partial charge in [-0.3, -0.25) is 9.48 Å². The van der Waals surface area contributed by atoms with Gasteiger partial charge < -0.3 is 0 Å². The Labute approximate surface area is 92.5 Å². The highest BCUT2D eigenvalue weighted by atomic mass is 19.1. The lowest BCUT2D eigenvalue weighted by Crippen LogP contribution is -2.03. The molecule has 0 radical (unpaired) electrons. The molecule has 0 amide bonds. The maximum absolute atomic E-state index is 12.7. The van der Waals surface area contributed by atoms with Gasteiger partial charge in [0.15, 0.2) is 5.78 Å². The van der Waals surface area contributed by atoms with E-state index < -0.39 is 0 Å². The predicted octanol–water partition coefficient (Wildman–Crippen LogP) is 2.10. The number of carbonyl (C=O) groups is 1. The molecule has 0 aliphatic carbocycles. The van der Waals surface area contributed by atoms with Crippen molar-refractivity contribution >= 4 is 5.78 Å². The van der Waals surface area contributed by atoms with Crippen molar-refractivity contribution < 1.29 is 9.18 Å². The molecule has 0 fully saturated rings. The number of ketones is 1. The van der Waals surface area contributed by atoms with Gasteiger partial charge in [-0.05, 0) is 31.2 Å². The molecule has 0 N–H and O–H groups in total. The first-order chi connectivity index (χ1) is 7.59. The second-order valence-electron chi connectivity index (χ2n) is 3.60. The zero-order chi connectivity index (χ0) is 11.7. The molecule has 1 aromatic carbocycles. The Morgan fingerprint density at radius 2 is 1.94 bits per heavy atom. The molecular formula is C12H11FN2O. The van der Waals surface area contributed by atoms with Crippen molar-refractivity contribution in [3.8, 4) is 0 Å². The van der Waals surface area contributed by atoms with Crippen molar-refractivity contribution in [2.75, 3.05) is 0 Å². The number of rotatable bonds is 2. The Bertz CT molecular complexity index is 528. The number of hydrogen-bond donors (Lipinski definition) is 0. The van der Waals surface area contributed by atoms with Gasteiger partial charge in [-0.2, -0.15) is 5.10 Å². The van der Waals surface area contributed by atoms with Crippen LogP contribution >= 0.6 is 0 Å². The number of hydrogen-bond acceptors (Lipinski definition) is 2. The second kappa shape index (κ2) is 3.89. The molecule has 0 aliphatic rings. The molecule has 0 spiro atoms. The molecule has 0 bridgehead atoms. The third kappa shape index (κ3) is 1.74. The Kier molecular flexibility index (Phi) is 2.56. The number of carbonyl (C=O) groups excluding carboxylic acids is 1. The van der Waals surface area contributed by atoms with Crippen LogP contribution in [0.3, 0.4) is 0 Å². The summed E-state index contributed by atoms with van der Waals surface area (Å²) in [6, 6.07) is 5.51. The van der Waals surface area contributed by atoms with Crippen LogP contribution in [-0.2, 0) is 7.05 Å². The molecule has 0 saturated carbocycles. The molecule has 16 heavy (non-hydrogen) atoms. The molecule has 4 heteroatoms. The van der Waals surface area contributed by atoms with E-state index in [1.807, 2.05) is 6.92 Å². The predicted molar refractivity (Wildman–Crippen MR) is 57.8 cm³/mol. The van der Waals surface area contributed by atoms with Gasteiger partial charge >= 0.3 is 0 Å². The van der Waals surface area contributed by atoms with Crippen LogP contribution in [0.2, 0.25) is 0 Å².